The maximum atomic E-state index is 12.6. The van der Waals surface area contributed by atoms with Crippen LogP contribution in [0.1, 0.15) is 34.6 Å². The van der Waals surface area contributed by atoms with Crippen molar-refractivity contribution < 1.29 is 9.53 Å². The Morgan fingerprint density at radius 3 is 3.00 bits per heavy atom. The number of fused-ring (bicyclic) bond motifs is 1. The third-order valence-electron chi connectivity index (χ3n) is 3.92. The van der Waals surface area contributed by atoms with E-state index >= 15 is 0 Å². The van der Waals surface area contributed by atoms with Crippen molar-refractivity contribution in [3.8, 4) is 0 Å². The molecule has 116 valence electrons. The van der Waals surface area contributed by atoms with Gasteiger partial charge in [-0.25, -0.2) is 0 Å². The topological polar surface area (TPSA) is 60.2 Å². The second-order valence-electron chi connectivity index (χ2n) is 5.45. The van der Waals surface area contributed by atoms with Crippen LogP contribution < -0.4 is 0 Å². The first-order chi connectivity index (χ1) is 10.7. The number of aryl methyl sites for hydroxylation is 1. The molecular weight excluding hydrogens is 280 g/mol. The summed E-state index contributed by atoms with van der Waals surface area (Å²) < 4.78 is 7.23. The second-order valence-corrected chi connectivity index (χ2v) is 5.45. The summed E-state index contributed by atoms with van der Waals surface area (Å²) in [5, 5.41) is 4.62. The highest BCUT2D eigenvalue weighted by Crippen LogP contribution is 2.28. The quantitative estimate of drug-likeness (QED) is 0.862. The van der Waals surface area contributed by atoms with Crippen LogP contribution in [0.4, 0.5) is 0 Å². The standard InChI is InChI=1S/C16H20N4O2/c1-3-20-10-12-8-19(9-13(11-22-2)15(12)18-20)16(21)14-6-4-5-7-17-14/h4-7,10,13H,3,8-9,11H2,1-2H3/t13-/m0/s1. The Labute approximate surface area is 129 Å². The highest BCUT2D eigenvalue weighted by atomic mass is 16.5. The van der Waals surface area contributed by atoms with E-state index in [1.165, 1.54) is 0 Å². The molecule has 0 aliphatic carbocycles. The van der Waals surface area contributed by atoms with Crippen molar-refractivity contribution in [1.29, 1.82) is 0 Å². The van der Waals surface area contributed by atoms with Crippen molar-refractivity contribution in [2.24, 2.45) is 0 Å². The van der Waals surface area contributed by atoms with Crippen LogP contribution in [0.15, 0.2) is 30.6 Å². The van der Waals surface area contributed by atoms with Gasteiger partial charge in [-0.2, -0.15) is 5.10 Å². The molecule has 0 bridgehead atoms. The Hall–Kier alpha value is -2.21. The zero-order chi connectivity index (χ0) is 15.5. The lowest BCUT2D eigenvalue weighted by Gasteiger charge is -2.31. The molecule has 22 heavy (non-hydrogen) atoms. The number of carbonyl (C=O) groups is 1. The second kappa shape index (κ2) is 6.27. The average molecular weight is 300 g/mol. The van der Waals surface area contributed by atoms with Crippen molar-refractivity contribution in [3.05, 3.63) is 47.5 Å². The summed E-state index contributed by atoms with van der Waals surface area (Å²) in [6.45, 7) is 4.61. The van der Waals surface area contributed by atoms with E-state index in [9.17, 15) is 4.79 Å². The van der Waals surface area contributed by atoms with Crippen molar-refractivity contribution in [2.75, 3.05) is 20.3 Å². The van der Waals surface area contributed by atoms with Gasteiger partial charge in [0.15, 0.2) is 0 Å². The lowest BCUT2D eigenvalue weighted by Crippen LogP contribution is -2.39. The molecule has 2 aromatic rings. The number of pyridine rings is 1. The van der Waals surface area contributed by atoms with E-state index in [4.69, 9.17) is 4.74 Å². The van der Waals surface area contributed by atoms with Gasteiger partial charge < -0.3 is 9.64 Å². The molecule has 0 aromatic carbocycles. The summed E-state index contributed by atoms with van der Waals surface area (Å²) in [7, 11) is 1.68. The molecule has 1 atom stereocenters. The average Bonchev–Trinajstić information content (AvgIpc) is 2.98. The summed E-state index contributed by atoms with van der Waals surface area (Å²) in [6, 6.07) is 5.39. The minimum absolute atomic E-state index is 0.0448. The highest BCUT2D eigenvalue weighted by molar-refractivity contribution is 5.92. The predicted octanol–water partition coefficient (Wildman–Crippen LogP) is 1.68. The molecule has 0 radical (unpaired) electrons. The molecule has 2 aromatic heterocycles. The van der Waals surface area contributed by atoms with Crippen molar-refractivity contribution in [2.45, 2.75) is 25.9 Å². The first kappa shape index (κ1) is 14.7. The molecule has 1 amide bonds. The lowest BCUT2D eigenvalue weighted by atomic mass is 9.97. The third kappa shape index (κ3) is 2.74. The number of nitrogens with zero attached hydrogens (tertiary/aromatic N) is 4. The molecule has 0 spiro atoms. The molecule has 1 aliphatic rings. The minimum atomic E-state index is -0.0448. The number of carbonyl (C=O) groups excluding carboxylic acids is 1. The van der Waals surface area contributed by atoms with Gasteiger partial charge in [-0.15, -0.1) is 0 Å². The van der Waals surface area contributed by atoms with Crippen LogP contribution in [0.5, 0.6) is 0 Å². The van der Waals surface area contributed by atoms with Crippen LogP contribution in [-0.4, -0.2) is 45.8 Å². The molecule has 6 heteroatoms. The van der Waals surface area contributed by atoms with E-state index < -0.39 is 0 Å². The normalized spacial score (nSPS) is 17.4. The number of methoxy groups -OCH3 is 1. The summed E-state index contributed by atoms with van der Waals surface area (Å²) in [5.41, 5.74) is 2.62. The zero-order valence-electron chi connectivity index (χ0n) is 12.9. The van der Waals surface area contributed by atoms with Gasteiger partial charge in [0.1, 0.15) is 5.69 Å². The highest BCUT2D eigenvalue weighted by Gasteiger charge is 2.31. The van der Waals surface area contributed by atoms with Crippen molar-refractivity contribution in [3.63, 3.8) is 0 Å². The fourth-order valence-corrected chi connectivity index (χ4v) is 2.87. The van der Waals surface area contributed by atoms with Crippen LogP contribution in [0.25, 0.3) is 0 Å². The smallest absolute Gasteiger partial charge is 0.272 e. The van der Waals surface area contributed by atoms with E-state index in [0.29, 0.717) is 25.4 Å². The maximum Gasteiger partial charge on any atom is 0.272 e. The Balaban J connectivity index is 1.88. The van der Waals surface area contributed by atoms with Gasteiger partial charge in [0, 0.05) is 50.6 Å². The first-order valence-electron chi connectivity index (χ1n) is 7.48. The van der Waals surface area contributed by atoms with Gasteiger partial charge >= 0.3 is 0 Å². The van der Waals surface area contributed by atoms with E-state index in [2.05, 4.69) is 17.0 Å². The molecule has 0 unspecified atom stereocenters. The van der Waals surface area contributed by atoms with Crippen LogP contribution in [0.3, 0.4) is 0 Å². The van der Waals surface area contributed by atoms with Gasteiger partial charge in [-0.1, -0.05) is 6.07 Å². The largest absolute Gasteiger partial charge is 0.384 e. The predicted molar refractivity (Wildman–Crippen MR) is 81.5 cm³/mol. The number of amides is 1. The van der Waals surface area contributed by atoms with Crippen LogP contribution >= 0.6 is 0 Å². The number of rotatable bonds is 4. The molecule has 3 heterocycles. The molecule has 0 saturated heterocycles. The van der Waals surface area contributed by atoms with E-state index in [1.54, 1.807) is 19.4 Å². The Morgan fingerprint density at radius 1 is 1.45 bits per heavy atom. The molecule has 0 saturated carbocycles. The van der Waals surface area contributed by atoms with E-state index in [0.717, 1.165) is 17.8 Å². The van der Waals surface area contributed by atoms with Crippen LogP contribution in [-0.2, 0) is 17.8 Å². The summed E-state index contributed by atoms with van der Waals surface area (Å²) in [6.07, 6.45) is 3.67. The Morgan fingerprint density at radius 2 is 2.32 bits per heavy atom. The van der Waals surface area contributed by atoms with Gasteiger partial charge in [-0.3, -0.25) is 14.5 Å². The number of hydrogen-bond acceptors (Lipinski definition) is 4. The number of hydrogen-bond donors (Lipinski definition) is 0. The summed E-state index contributed by atoms with van der Waals surface area (Å²) in [4.78, 5) is 18.6. The van der Waals surface area contributed by atoms with Gasteiger partial charge in [0.05, 0.1) is 12.3 Å². The fourth-order valence-electron chi connectivity index (χ4n) is 2.87. The molecule has 0 fully saturated rings. The van der Waals surface area contributed by atoms with E-state index in [1.807, 2.05) is 27.9 Å². The zero-order valence-corrected chi connectivity index (χ0v) is 12.9. The first-order valence-corrected chi connectivity index (χ1v) is 7.48. The Bertz CT molecular complexity index is 653. The van der Waals surface area contributed by atoms with Crippen molar-refractivity contribution >= 4 is 5.91 Å². The van der Waals surface area contributed by atoms with Gasteiger partial charge in [0.25, 0.3) is 5.91 Å². The molecule has 6 nitrogen and oxygen atoms in total. The van der Waals surface area contributed by atoms with Crippen molar-refractivity contribution in [1.82, 2.24) is 19.7 Å². The third-order valence-corrected chi connectivity index (χ3v) is 3.92. The molecule has 0 N–H and O–H groups in total. The Kier molecular flexibility index (Phi) is 4.20. The number of aromatic nitrogens is 3. The van der Waals surface area contributed by atoms with Gasteiger partial charge in [-0.05, 0) is 19.1 Å². The minimum Gasteiger partial charge on any atom is -0.384 e. The number of ether oxygens (including phenoxy) is 1. The summed E-state index contributed by atoms with van der Waals surface area (Å²) in [5.74, 6) is 0.0609. The van der Waals surface area contributed by atoms with Crippen LogP contribution in [0.2, 0.25) is 0 Å². The monoisotopic (exact) mass is 300 g/mol. The fraction of sp³-hybridized carbons (Fsp3) is 0.438. The molecule has 1 aliphatic heterocycles. The maximum absolute atomic E-state index is 12.6. The lowest BCUT2D eigenvalue weighted by molar-refractivity contribution is 0.0673. The van der Waals surface area contributed by atoms with Gasteiger partial charge in [0.2, 0.25) is 0 Å². The molecule has 3 rings (SSSR count). The SMILES string of the molecule is CCn1cc2c(n1)[C@H](COC)CN(C(=O)c1ccccn1)C2. The molecular formula is C16H20N4O2. The van der Waals surface area contributed by atoms with E-state index in [-0.39, 0.29) is 11.8 Å². The van der Waals surface area contributed by atoms with Crippen LogP contribution in [0, 0.1) is 0 Å². The summed E-state index contributed by atoms with van der Waals surface area (Å²) >= 11 is 0.